The van der Waals surface area contributed by atoms with E-state index in [0.29, 0.717) is 4.47 Å². The molecule has 0 aromatic heterocycles. The van der Waals surface area contributed by atoms with Crippen LogP contribution in [0, 0.1) is 5.82 Å². The molecule has 0 spiro atoms. The zero-order chi connectivity index (χ0) is 21.6. The minimum Gasteiger partial charge on any atom is -0.322 e. The third-order valence-electron chi connectivity index (χ3n) is 5.58. The van der Waals surface area contributed by atoms with Gasteiger partial charge in [-0.15, -0.1) is 0 Å². The van der Waals surface area contributed by atoms with Crippen molar-refractivity contribution >= 4 is 27.5 Å². The summed E-state index contributed by atoms with van der Waals surface area (Å²) in [7, 11) is 0. The maximum absolute atomic E-state index is 14.0. The van der Waals surface area contributed by atoms with E-state index < -0.39 is 5.82 Å². The first-order valence-electron chi connectivity index (χ1n) is 10.4. The molecule has 1 N–H and O–H groups in total. The van der Waals surface area contributed by atoms with Gasteiger partial charge in [0.15, 0.2) is 0 Å². The fraction of sp³-hybridized carbons (Fsp3) is 0.240. The first-order valence-corrected chi connectivity index (χ1v) is 11.2. The first kappa shape index (κ1) is 21.7. The number of carbonyl (C=O) groups is 1. The van der Waals surface area contributed by atoms with Crippen molar-refractivity contribution in [3.63, 3.8) is 0 Å². The van der Waals surface area contributed by atoms with Crippen LogP contribution in [0.25, 0.3) is 0 Å². The zero-order valence-electron chi connectivity index (χ0n) is 17.2. The van der Waals surface area contributed by atoms with E-state index in [2.05, 4.69) is 79.6 Å². The van der Waals surface area contributed by atoms with Crippen LogP contribution < -0.4 is 5.32 Å². The molecule has 0 unspecified atom stereocenters. The average Bonchev–Trinajstić information content (AvgIpc) is 2.79. The van der Waals surface area contributed by atoms with E-state index in [-0.39, 0.29) is 24.2 Å². The molecule has 6 heteroatoms. The van der Waals surface area contributed by atoms with Gasteiger partial charge in [0.2, 0.25) is 5.91 Å². The van der Waals surface area contributed by atoms with Gasteiger partial charge in [0, 0.05) is 30.7 Å². The summed E-state index contributed by atoms with van der Waals surface area (Å²) in [6.45, 7) is 3.53. The van der Waals surface area contributed by atoms with Crippen LogP contribution >= 0.6 is 15.9 Å². The van der Waals surface area contributed by atoms with Gasteiger partial charge in [-0.05, 0) is 29.3 Å². The maximum Gasteiger partial charge on any atom is 0.238 e. The van der Waals surface area contributed by atoms with Gasteiger partial charge in [-0.2, -0.15) is 0 Å². The molecule has 4 nitrogen and oxygen atoms in total. The largest absolute Gasteiger partial charge is 0.322 e. The Balaban J connectivity index is 1.38. The molecular formula is C25H25BrFN3O. The Morgan fingerprint density at radius 1 is 0.903 bits per heavy atom. The Bertz CT molecular complexity index is 968. The van der Waals surface area contributed by atoms with E-state index in [1.165, 1.54) is 17.2 Å². The molecule has 1 saturated heterocycles. The number of rotatable bonds is 6. The molecule has 1 aliphatic rings. The fourth-order valence-corrected chi connectivity index (χ4v) is 4.38. The Morgan fingerprint density at radius 3 is 2.03 bits per heavy atom. The lowest BCUT2D eigenvalue weighted by atomic mass is 9.96. The van der Waals surface area contributed by atoms with Crippen LogP contribution in [-0.4, -0.2) is 48.4 Å². The van der Waals surface area contributed by atoms with Crippen molar-refractivity contribution in [2.45, 2.75) is 6.04 Å². The molecule has 160 valence electrons. The number of benzene rings is 3. The highest BCUT2D eigenvalue weighted by Crippen LogP contribution is 2.29. The van der Waals surface area contributed by atoms with Crippen molar-refractivity contribution in [2.24, 2.45) is 0 Å². The molecule has 3 aromatic carbocycles. The van der Waals surface area contributed by atoms with Crippen molar-refractivity contribution < 1.29 is 9.18 Å². The van der Waals surface area contributed by atoms with Crippen molar-refractivity contribution in [2.75, 3.05) is 38.0 Å². The standard InChI is InChI=1S/C25H25BrFN3O/c26-21-11-12-23(22(27)17-21)28-24(31)18-29-13-15-30(16-14-29)25(19-7-3-1-4-8-19)20-9-5-2-6-10-20/h1-12,17,25H,13-16,18H2,(H,28,31). The average molecular weight is 482 g/mol. The van der Waals surface area contributed by atoms with E-state index in [0.717, 1.165) is 26.2 Å². The minimum atomic E-state index is -0.443. The molecule has 1 aliphatic heterocycles. The number of halogens is 2. The van der Waals surface area contributed by atoms with Gasteiger partial charge in [0.1, 0.15) is 5.82 Å². The number of nitrogens with one attached hydrogen (secondary N) is 1. The summed E-state index contributed by atoms with van der Waals surface area (Å²) in [6.07, 6.45) is 0. The lowest BCUT2D eigenvalue weighted by Gasteiger charge is -2.39. The van der Waals surface area contributed by atoms with Gasteiger partial charge in [0.25, 0.3) is 0 Å². The molecule has 1 amide bonds. The normalized spacial score (nSPS) is 15.2. The summed E-state index contributed by atoms with van der Waals surface area (Å²) in [6, 6.07) is 25.9. The third kappa shape index (κ3) is 5.58. The molecule has 1 heterocycles. The van der Waals surface area contributed by atoms with Crippen LogP contribution in [0.3, 0.4) is 0 Å². The summed E-state index contributed by atoms with van der Waals surface area (Å²) < 4.78 is 14.6. The van der Waals surface area contributed by atoms with Crippen molar-refractivity contribution in [1.29, 1.82) is 0 Å². The zero-order valence-corrected chi connectivity index (χ0v) is 18.8. The molecule has 0 radical (unpaired) electrons. The van der Waals surface area contributed by atoms with Gasteiger partial charge in [0.05, 0.1) is 18.3 Å². The number of piperazine rings is 1. The van der Waals surface area contributed by atoms with E-state index in [9.17, 15) is 9.18 Å². The van der Waals surface area contributed by atoms with Gasteiger partial charge in [-0.3, -0.25) is 14.6 Å². The quantitative estimate of drug-likeness (QED) is 0.541. The second-order valence-electron chi connectivity index (χ2n) is 7.71. The number of carbonyl (C=O) groups excluding carboxylic acids is 1. The van der Waals surface area contributed by atoms with Crippen LogP contribution in [0.1, 0.15) is 17.2 Å². The Morgan fingerprint density at radius 2 is 1.48 bits per heavy atom. The number of anilines is 1. The number of nitrogens with zero attached hydrogens (tertiary/aromatic N) is 2. The molecule has 0 saturated carbocycles. The Labute approximate surface area is 190 Å². The Hall–Kier alpha value is -2.54. The predicted molar refractivity (Wildman–Crippen MR) is 125 cm³/mol. The summed E-state index contributed by atoms with van der Waals surface area (Å²) in [5.41, 5.74) is 2.75. The topological polar surface area (TPSA) is 35.6 Å². The molecule has 3 aromatic rings. The predicted octanol–water partition coefficient (Wildman–Crippen LogP) is 4.93. The van der Waals surface area contributed by atoms with Gasteiger partial charge >= 0.3 is 0 Å². The number of amides is 1. The first-order chi connectivity index (χ1) is 15.1. The lowest BCUT2D eigenvalue weighted by molar-refractivity contribution is -0.117. The van der Waals surface area contributed by atoms with Gasteiger partial charge < -0.3 is 5.32 Å². The highest BCUT2D eigenvalue weighted by molar-refractivity contribution is 9.10. The molecule has 4 rings (SSSR count). The van der Waals surface area contributed by atoms with Gasteiger partial charge in [-0.25, -0.2) is 4.39 Å². The maximum atomic E-state index is 14.0. The SMILES string of the molecule is O=C(CN1CCN(C(c2ccccc2)c2ccccc2)CC1)Nc1ccc(Br)cc1F. The summed E-state index contributed by atoms with van der Waals surface area (Å²) in [4.78, 5) is 17.0. The number of hydrogen-bond donors (Lipinski definition) is 1. The van der Waals surface area contributed by atoms with Crippen molar-refractivity contribution in [3.8, 4) is 0 Å². The molecule has 0 atom stereocenters. The van der Waals surface area contributed by atoms with E-state index >= 15 is 0 Å². The fourth-order valence-electron chi connectivity index (χ4n) is 4.05. The second-order valence-corrected chi connectivity index (χ2v) is 8.62. The second kappa shape index (κ2) is 10.2. The van der Waals surface area contributed by atoms with Crippen LogP contribution in [0.4, 0.5) is 10.1 Å². The highest BCUT2D eigenvalue weighted by Gasteiger charge is 2.27. The molecule has 0 bridgehead atoms. The third-order valence-corrected chi connectivity index (χ3v) is 6.07. The minimum absolute atomic E-state index is 0.190. The summed E-state index contributed by atoms with van der Waals surface area (Å²) in [5, 5.41) is 2.68. The van der Waals surface area contributed by atoms with E-state index in [1.807, 2.05) is 12.1 Å². The molecular weight excluding hydrogens is 457 g/mol. The van der Waals surface area contributed by atoms with E-state index in [4.69, 9.17) is 0 Å². The number of hydrogen-bond acceptors (Lipinski definition) is 3. The molecule has 1 fully saturated rings. The van der Waals surface area contributed by atoms with Crippen molar-refractivity contribution in [1.82, 2.24) is 9.80 Å². The smallest absolute Gasteiger partial charge is 0.238 e. The van der Waals surface area contributed by atoms with Gasteiger partial charge in [-0.1, -0.05) is 76.6 Å². The molecule has 0 aliphatic carbocycles. The van der Waals surface area contributed by atoms with Crippen LogP contribution in [-0.2, 0) is 4.79 Å². The molecule has 31 heavy (non-hydrogen) atoms. The summed E-state index contributed by atoms with van der Waals surface area (Å²) >= 11 is 3.23. The van der Waals surface area contributed by atoms with Crippen LogP contribution in [0.2, 0.25) is 0 Å². The lowest BCUT2D eigenvalue weighted by Crippen LogP contribution is -2.49. The van der Waals surface area contributed by atoms with Crippen LogP contribution in [0.15, 0.2) is 83.3 Å². The summed E-state index contributed by atoms with van der Waals surface area (Å²) in [5.74, 6) is -0.640. The highest BCUT2D eigenvalue weighted by atomic mass is 79.9. The Kier molecular flexibility index (Phi) is 7.12. The van der Waals surface area contributed by atoms with E-state index in [1.54, 1.807) is 12.1 Å². The van der Waals surface area contributed by atoms with Crippen LogP contribution in [0.5, 0.6) is 0 Å². The van der Waals surface area contributed by atoms with Crippen molar-refractivity contribution in [3.05, 3.63) is 100 Å². The monoisotopic (exact) mass is 481 g/mol.